The lowest BCUT2D eigenvalue weighted by atomic mass is 10.0. The Morgan fingerprint density at radius 3 is 0.762 bits per heavy atom. The van der Waals surface area contributed by atoms with E-state index < -0.39 is 6.10 Å². The smallest absolute Gasteiger partial charge is 0.306 e. The van der Waals surface area contributed by atoms with Crippen molar-refractivity contribution in [3.05, 3.63) is 122 Å². The Hall–Kier alpha value is -4.19. The van der Waals surface area contributed by atoms with Crippen LogP contribution in [-0.4, -0.2) is 37.2 Å². The fraction of sp³-hybridized carbons (Fsp3) is 0.689. The third kappa shape index (κ3) is 64.6. The lowest BCUT2D eigenvalue weighted by Crippen LogP contribution is -2.30. The summed E-state index contributed by atoms with van der Waals surface area (Å²) in [5.41, 5.74) is 0. The zero-order chi connectivity index (χ0) is 57.8. The molecule has 0 aromatic carbocycles. The summed E-state index contributed by atoms with van der Waals surface area (Å²) in [5.74, 6) is -0.918. The van der Waals surface area contributed by atoms with Crippen LogP contribution in [0, 0.1) is 0 Å². The van der Waals surface area contributed by atoms with Crippen molar-refractivity contribution in [1.82, 2.24) is 0 Å². The van der Waals surface area contributed by atoms with Gasteiger partial charge >= 0.3 is 17.9 Å². The van der Waals surface area contributed by atoms with Crippen LogP contribution in [0.15, 0.2) is 122 Å². The van der Waals surface area contributed by atoms with E-state index in [1.54, 1.807) is 0 Å². The number of unbranched alkanes of at least 4 members (excludes halogenated alkanes) is 29. The van der Waals surface area contributed by atoms with Crippen LogP contribution in [0.5, 0.6) is 0 Å². The van der Waals surface area contributed by atoms with E-state index in [0.717, 1.165) is 141 Å². The maximum Gasteiger partial charge on any atom is 0.306 e. The van der Waals surface area contributed by atoms with Crippen LogP contribution in [0.25, 0.3) is 0 Å². The molecule has 0 rings (SSSR count). The molecular weight excluding hydrogens is 985 g/mol. The molecular formula is C74H124O6. The van der Waals surface area contributed by atoms with E-state index >= 15 is 0 Å². The molecule has 0 bridgehead atoms. The van der Waals surface area contributed by atoms with Gasteiger partial charge in [-0.25, -0.2) is 0 Å². The first kappa shape index (κ1) is 75.8. The highest BCUT2D eigenvalue weighted by Gasteiger charge is 2.19. The van der Waals surface area contributed by atoms with Gasteiger partial charge in [0.15, 0.2) is 6.10 Å². The van der Waals surface area contributed by atoms with Gasteiger partial charge in [-0.15, -0.1) is 0 Å². The minimum absolute atomic E-state index is 0.0857. The zero-order valence-corrected chi connectivity index (χ0v) is 52.3. The number of carbonyl (C=O) groups excluding carboxylic acids is 3. The molecule has 0 aromatic heterocycles. The molecule has 0 N–H and O–H groups in total. The molecule has 0 saturated carbocycles. The molecule has 6 nitrogen and oxygen atoms in total. The predicted molar refractivity (Wildman–Crippen MR) is 348 cm³/mol. The van der Waals surface area contributed by atoms with Crippen LogP contribution in [0.4, 0.5) is 0 Å². The van der Waals surface area contributed by atoms with Gasteiger partial charge in [-0.3, -0.25) is 14.4 Å². The second-order valence-electron chi connectivity index (χ2n) is 22.0. The van der Waals surface area contributed by atoms with Crippen LogP contribution in [0.1, 0.15) is 310 Å². The number of hydrogen-bond donors (Lipinski definition) is 0. The first-order valence-electron chi connectivity index (χ1n) is 33.5. The van der Waals surface area contributed by atoms with Crippen molar-refractivity contribution >= 4 is 17.9 Å². The second kappa shape index (κ2) is 67.3. The first-order chi connectivity index (χ1) is 39.5. The number of allylic oxidation sites excluding steroid dienone is 20. The first-order valence-corrected chi connectivity index (χ1v) is 33.5. The molecule has 456 valence electrons. The van der Waals surface area contributed by atoms with E-state index in [2.05, 4.69) is 142 Å². The third-order valence-corrected chi connectivity index (χ3v) is 14.2. The van der Waals surface area contributed by atoms with Crippen molar-refractivity contribution in [3.63, 3.8) is 0 Å². The standard InChI is InChI=1S/C74H124O6/c1-4-7-10-13-15-17-19-21-23-25-27-29-31-32-33-34-35-36-37-38-39-40-41-42-43-45-46-48-50-52-54-56-58-61-64-67-73(76)79-70-71(69-78-72(75)66-63-60-12-9-6-3)80-74(77)68-65-62-59-57-55-53-51-49-47-44-30-28-26-24-22-20-18-16-14-11-8-5-2/h7,10,15,17,21,23,27,29,32-33,35-36,38-39,41-42,45-46,50,52,71H,4-6,8-9,11-14,16,18-20,22,24-26,28,30-31,34,37,40,43-44,47-49,51,53-70H2,1-3H3/b10-7-,17-15-,23-21-,29-27-,33-32-,36-35-,39-38-,42-41-,46-45-,52-50-. The highest BCUT2D eigenvalue weighted by Crippen LogP contribution is 2.17. The molecule has 0 saturated heterocycles. The van der Waals surface area contributed by atoms with Gasteiger partial charge in [-0.2, -0.15) is 0 Å². The highest BCUT2D eigenvalue weighted by molar-refractivity contribution is 5.71. The Balaban J connectivity index is 4.10. The van der Waals surface area contributed by atoms with E-state index in [1.165, 1.54) is 128 Å². The molecule has 1 atom stereocenters. The normalized spacial score (nSPS) is 12.9. The molecule has 0 spiro atoms. The molecule has 0 aliphatic rings. The minimum Gasteiger partial charge on any atom is -0.462 e. The summed E-state index contributed by atoms with van der Waals surface area (Å²) < 4.78 is 16.8. The Bertz CT molecular complexity index is 1650. The van der Waals surface area contributed by atoms with Gasteiger partial charge in [0.1, 0.15) is 13.2 Å². The Labute approximate surface area is 494 Å². The van der Waals surface area contributed by atoms with Crippen molar-refractivity contribution in [1.29, 1.82) is 0 Å². The average Bonchev–Trinajstić information content (AvgIpc) is 3.46. The molecule has 0 fully saturated rings. The topological polar surface area (TPSA) is 78.9 Å². The fourth-order valence-electron chi connectivity index (χ4n) is 9.24. The van der Waals surface area contributed by atoms with Crippen LogP contribution < -0.4 is 0 Å². The van der Waals surface area contributed by atoms with E-state index in [1.807, 2.05) is 0 Å². The maximum absolute atomic E-state index is 12.8. The summed E-state index contributed by atoms with van der Waals surface area (Å²) in [4.78, 5) is 37.9. The van der Waals surface area contributed by atoms with Gasteiger partial charge in [0.2, 0.25) is 0 Å². The summed E-state index contributed by atoms with van der Waals surface area (Å²) in [7, 11) is 0. The van der Waals surface area contributed by atoms with Gasteiger partial charge < -0.3 is 14.2 Å². The van der Waals surface area contributed by atoms with Gasteiger partial charge in [0.25, 0.3) is 0 Å². The third-order valence-electron chi connectivity index (χ3n) is 14.2. The van der Waals surface area contributed by atoms with Gasteiger partial charge in [-0.1, -0.05) is 316 Å². The number of carbonyl (C=O) groups is 3. The number of esters is 3. The Kier molecular flexibility index (Phi) is 63.8. The van der Waals surface area contributed by atoms with Crippen molar-refractivity contribution in [3.8, 4) is 0 Å². The van der Waals surface area contributed by atoms with Crippen LogP contribution in [-0.2, 0) is 28.6 Å². The molecule has 0 aliphatic heterocycles. The lowest BCUT2D eigenvalue weighted by molar-refractivity contribution is -0.167. The molecule has 0 aliphatic carbocycles. The van der Waals surface area contributed by atoms with Crippen LogP contribution in [0.2, 0.25) is 0 Å². The average molecular weight is 1110 g/mol. The predicted octanol–water partition coefficient (Wildman–Crippen LogP) is 23.2. The Morgan fingerprint density at radius 1 is 0.263 bits per heavy atom. The van der Waals surface area contributed by atoms with E-state index in [4.69, 9.17) is 14.2 Å². The second-order valence-corrected chi connectivity index (χ2v) is 22.0. The summed E-state index contributed by atoms with van der Waals surface area (Å²) in [6.07, 6.45) is 94.1. The molecule has 6 heteroatoms. The molecule has 0 aromatic rings. The maximum atomic E-state index is 12.8. The van der Waals surface area contributed by atoms with E-state index in [9.17, 15) is 14.4 Å². The summed E-state index contributed by atoms with van der Waals surface area (Å²) >= 11 is 0. The van der Waals surface area contributed by atoms with Gasteiger partial charge in [-0.05, 0) is 96.3 Å². The number of rotatable bonds is 60. The molecule has 0 amide bonds. The molecule has 0 radical (unpaired) electrons. The highest BCUT2D eigenvalue weighted by atomic mass is 16.6. The van der Waals surface area contributed by atoms with Gasteiger partial charge in [0, 0.05) is 19.3 Å². The molecule has 0 heterocycles. The Morgan fingerprint density at radius 2 is 0.487 bits per heavy atom. The van der Waals surface area contributed by atoms with E-state index in [-0.39, 0.29) is 31.1 Å². The quantitative estimate of drug-likeness (QED) is 0.0261. The summed E-state index contributed by atoms with van der Waals surface area (Å²) in [6, 6.07) is 0. The van der Waals surface area contributed by atoms with Crippen LogP contribution >= 0.6 is 0 Å². The van der Waals surface area contributed by atoms with Crippen molar-refractivity contribution < 1.29 is 28.6 Å². The number of ether oxygens (including phenoxy) is 3. The van der Waals surface area contributed by atoms with Gasteiger partial charge in [0.05, 0.1) is 0 Å². The lowest BCUT2D eigenvalue weighted by Gasteiger charge is -2.18. The van der Waals surface area contributed by atoms with Crippen molar-refractivity contribution in [2.75, 3.05) is 13.2 Å². The van der Waals surface area contributed by atoms with Crippen molar-refractivity contribution in [2.45, 2.75) is 316 Å². The fourth-order valence-corrected chi connectivity index (χ4v) is 9.24. The zero-order valence-electron chi connectivity index (χ0n) is 52.3. The van der Waals surface area contributed by atoms with E-state index in [0.29, 0.717) is 19.3 Å². The van der Waals surface area contributed by atoms with Crippen molar-refractivity contribution in [2.24, 2.45) is 0 Å². The number of hydrogen-bond acceptors (Lipinski definition) is 6. The molecule has 1 unspecified atom stereocenters. The largest absolute Gasteiger partial charge is 0.462 e. The molecule has 80 heavy (non-hydrogen) atoms. The minimum atomic E-state index is -0.786. The summed E-state index contributed by atoms with van der Waals surface area (Å²) in [6.45, 7) is 6.45. The SMILES string of the molecule is CC/C=C\C/C=C\C/C=C\C/C=C\C/C=C\C/C=C\C/C=C\C/C=C\C/C=C\C/C=C\CCCCCCC(=O)OCC(COC(=O)CCCCCCC)OC(=O)CCCCCCCCCCCCCCCCCCCCCCCC. The van der Waals surface area contributed by atoms with Crippen LogP contribution in [0.3, 0.4) is 0 Å². The monoisotopic (exact) mass is 1110 g/mol. The summed E-state index contributed by atoms with van der Waals surface area (Å²) in [5, 5.41) is 0.